The second kappa shape index (κ2) is 4.72. The van der Waals surface area contributed by atoms with Crippen LogP contribution in [0.15, 0.2) is 36.8 Å². The van der Waals surface area contributed by atoms with Gasteiger partial charge in [-0.15, -0.1) is 0 Å². The maximum atomic E-state index is 6.23. The minimum Gasteiger partial charge on any atom is -0.336 e. The molecule has 2 N–H and O–H groups in total. The summed E-state index contributed by atoms with van der Waals surface area (Å²) in [5.41, 5.74) is 9.72. The Hall–Kier alpha value is -1.61. The third-order valence-corrected chi connectivity index (χ3v) is 3.13. The minimum absolute atomic E-state index is 0.108. The van der Waals surface area contributed by atoms with E-state index in [1.807, 2.05) is 17.8 Å². The molecular weight excluding hydrogens is 210 g/mol. The Balaban J connectivity index is 2.26. The summed E-state index contributed by atoms with van der Waals surface area (Å²) in [7, 11) is 1.96. The Morgan fingerprint density at radius 3 is 2.18 bits per heavy atom. The second-order valence-corrected chi connectivity index (χ2v) is 4.73. The van der Waals surface area contributed by atoms with Crippen LogP contribution in [0.25, 0.3) is 0 Å². The number of aryl methyl sites for hydroxylation is 1. The molecule has 0 amide bonds. The summed E-state index contributed by atoms with van der Waals surface area (Å²) < 4.78 is 1.96. The number of benzene rings is 1. The lowest BCUT2D eigenvalue weighted by Gasteiger charge is -2.14. The van der Waals surface area contributed by atoms with Crippen LogP contribution in [0.2, 0.25) is 0 Å². The summed E-state index contributed by atoms with van der Waals surface area (Å²) in [6.07, 6.45) is 3.60. The van der Waals surface area contributed by atoms with Gasteiger partial charge in [0.05, 0.1) is 24.3 Å². The van der Waals surface area contributed by atoms with Crippen LogP contribution < -0.4 is 5.73 Å². The van der Waals surface area contributed by atoms with Gasteiger partial charge in [-0.05, 0) is 17.0 Å². The van der Waals surface area contributed by atoms with Crippen molar-refractivity contribution in [2.75, 3.05) is 0 Å². The molecule has 0 aliphatic rings. The zero-order chi connectivity index (χ0) is 12.4. The van der Waals surface area contributed by atoms with Gasteiger partial charge >= 0.3 is 0 Å². The van der Waals surface area contributed by atoms with E-state index < -0.39 is 0 Å². The van der Waals surface area contributed by atoms with Crippen LogP contribution in [-0.4, -0.2) is 9.55 Å². The third kappa shape index (κ3) is 2.39. The van der Waals surface area contributed by atoms with Crippen molar-refractivity contribution in [1.29, 1.82) is 0 Å². The van der Waals surface area contributed by atoms with Gasteiger partial charge in [0.2, 0.25) is 0 Å². The molecule has 1 atom stereocenters. The van der Waals surface area contributed by atoms with E-state index >= 15 is 0 Å². The molecule has 0 aliphatic heterocycles. The van der Waals surface area contributed by atoms with Gasteiger partial charge in [0, 0.05) is 7.05 Å². The molecule has 0 saturated heterocycles. The van der Waals surface area contributed by atoms with Gasteiger partial charge in [0.15, 0.2) is 0 Å². The number of imidazole rings is 1. The van der Waals surface area contributed by atoms with E-state index in [0.717, 1.165) is 11.3 Å². The largest absolute Gasteiger partial charge is 0.336 e. The van der Waals surface area contributed by atoms with E-state index in [4.69, 9.17) is 5.73 Å². The number of hydrogen-bond donors (Lipinski definition) is 1. The second-order valence-electron chi connectivity index (χ2n) is 4.73. The van der Waals surface area contributed by atoms with Crippen molar-refractivity contribution in [3.05, 3.63) is 53.6 Å². The summed E-state index contributed by atoms with van der Waals surface area (Å²) in [6.45, 7) is 4.38. The molecule has 17 heavy (non-hydrogen) atoms. The summed E-state index contributed by atoms with van der Waals surface area (Å²) in [5, 5.41) is 0. The predicted octanol–water partition coefficient (Wildman–Crippen LogP) is 2.59. The lowest BCUT2D eigenvalue weighted by Crippen LogP contribution is -2.15. The van der Waals surface area contributed by atoms with E-state index in [1.165, 1.54) is 5.56 Å². The highest BCUT2D eigenvalue weighted by Gasteiger charge is 2.12. The summed E-state index contributed by atoms with van der Waals surface area (Å²) in [6, 6.07) is 8.40. The maximum Gasteiger partial charge on any atom is 0.0946 e. The first-order valence-electron chi connectivity index (χ1n) is 5.91. The van der Waals surface area contributed by atoms with Gasteiger partial charge in [-0.3, -0.25) is 0 Å². The molecule has 1 aromatic heterocycles. The average molecular weight is 229 g/mol. The van der Waals surface area contributed by atoms with Gasteiger partial charge in [0.25, 0.3) is 0 Å². The molecule has 2 aromatic rings. The van der Waals surface area contributed by atoms with Crippen molar-refractivity contribution in [1.82, 2.24) is 9.55 Å². The van der Waals surface area contributed by atoms with Crippen LogP contribution in [-0.2, 0) is 7.05 Å². The molecule has 0 aliphatic carbocycles. The topological polar surface area (TPSA) is 43.8 Å². The molecule has 0 radical (unpaired) electrons. The van der Waals surface area contributed by atoms with Crippen LogP contribution in [0.5, 0.6) is 0 Å². The molecule has 1 aromatic carbocycles. The molecule has 90 valence electrons. The zero-order valence-electron chi connectivity index (χ0n) is 10.6. The molecular formula is C14H19N3. The highest BCUT2D eigenvalue weighted by Crippen LogP contribution is 2.21. The summed E-state index contributed by atoms with van der Waals surface area (Å²) >= 11 is 0. The fourth-order valence-corrected chi connectivity index (χ4v) is 1.93. The Labute approximate surface area is 102 Å². The molecule has 1 unspecified atom stereocenters. The Morgan fingerprint density at radius 2 is 1.71 bits per heavy atom. The first kappa shape index (κ1) is 11.9. The number of aromatic nitrogens is 2. The minimum atomic E-state index is -0.108. The zero-order valence-corrected chi connectivity index (χ0v) is 10.6. The fraction of sp³-hybridized carbons (Fsp3) is 0.357. The average Bonchev–Trinajstić information content (AvgIpc) is 2.74. The summed E-state index contributed by atoms with van der Waals surface area (Å²) in [4.78, 5) is 4.10. The van der Waals surface area contributed by atoms with Crippen molar-refractivity contribution < 1.29 is 0 Å². The van der Waals surface area contributed by atoms with E-state index in [2.05, 4.69) is 43.1 Å². The van der Waals surface area contributed by atoms with Crippen molar-refractivity contribution >= 4 is 0 Å². The van der Waals surface area contributed by atoms with E-state index in [1.54, 1.807) is 6.33 Å². The van der Waals surface area contributed by atoms with Crippen molar-refractivity contribution in [2.45, 2.75) is 25.8 Å². The number of rotatable bonds is 3. The van der Waals surface area contributed by atoms with Gasteiger partial charge in [-0.2, -0.15) is 0 Å². The van der Waals surface area contributed by atoms with Gasteiger partial charge < -0.3 is 10.3 Å². The van der Waals surface area contributed by atoms with Crippen LogP contribution in [0.4, 0.5) is 0 Å². The molecule has 0 spiro atoms. The molecule has 0 fully saturated rings. The molecule has 2 rings (SSSR count). The molecule has 0 bridgehead atoms. The molecule has 1 heterocycles. The lowest BCUT2D eigenvalue weighted by atomic mass is 9.98. The van der Waals surface area contributed by atoms with Crippen LogP contribution in [0.1, 0.15) is 42.6 Å². The van der Waals surface area contributed by atoms with Crippen molar-refractivity contribution in [3.63, 3.8) is 0 Å². The van der Waals surface area contributed by atoms with Crippen molar-refractivity contribution in [2.24, 2.45) is 12.8 Å². The molecule has 3 nitrogen and oxygen atoms in total. The number of hydrogen-bond acceptors (Lipinski definition) is 2. The number of nitrogens with zero attached hydrogens (tertiary/aromatic N) is 2. The van der Waals surface area contributed by atoms with Crippen LogP contribution in [0, 0.1) is 0 Å². The highest BCUT2D eigenvalue weighted by atomic mass is 15.0. The lowest BCUT2D eigenvalue weighted by molar-refractivity contribution is 0.744. The monoisotopic (exact) mass is 229 g/mol. The Morgan fingerprint density at radius 1 is 1.12 bits per heavy atom. The first-order valence-corrected chi connectivity index (χ1v) is 5.91. The first-order chi connectivity index (χ1) is 8.09. The van der Waals surface area contributed by atoms with E-state index in [0.29, 0.717) is 5.92 Å². The highest BCUT2D eigenvalue weighted by molar-refractivity contribution is 5.30. The van der Waals surface area contributed by atoms with Crippen LogP contribution >= 0.6 is 0 Å². The quantitative estimate of drug-likeness (QED) is 0.879. The maximum absolute atomic E-state index is 6.23. The Kier molecular flexibility index (Phi) is 3.29. The van der Waals surface area contributed by atoms with Crippen molar-refractivity contribution in [3.8, 4) is 0 Å². The fourth-order valence-electron chi connectivity index (χ4n) is 1.93. The van der Waals surface area contributed by atoms with Gasteiger partial charge in [-0.25, -0.2) is 4.98 Å². The summed E-state index contributed by atoms with van der Waals surface area (Å²) in [5.74, 6) is 0.553. The van der Waals surface area contributed by atoms with Crippen LogP contribution in [0.3, 0.4) is 0 Å². The predicted molar refractivity (Wildman–Crippen MR) is 69.8 cm³/mol. The van der Waals surface area contributed by atoms with Gasteiger partial charge in [-0.1, -0.05) is 38.1 Å². The van der Waals surface area contributed by atoms with Gasteiger partial charge in [0.1, 0.15) is 0 Å². The standard InChI is InChI=1S/C14H19N3/c1-10(2)11-4-6-12(7-5-11)14(15)13-8-16-9-17(13)3/h4-10,14H,15H2,1-3H3. The molecule has 0 saturated carbocycles. The SMILES string of the molecule is CC(C)c1ccc(C(N)c2cncn2C)cc1. The normalized spacial score (nSPS) is 13.0. The number of nitrogens with two attached hydrogens (primary N) is 1. The molecule has 3 heteroatoms. The Bertz CT molecular complexity index is 482. The van der Waals surface area contributed by atoms with E-state index in [9.17, 15) is 0 Å². The third-order valence-electron chi connectivity index (χ3n) is 3.13. The van der Waals surface area contributed by atoms with E-state index in [-0.39, 0.29) is 6.04 Å². The smallest absolute Gasteiger partial charge is 0.0946 e.